The molecule has 19 heavy (non-hydrogen) atoms. The molecule has 1 saturated heterocycles. The van der Waals surface area contributed by atoms with E-state index >= 15 is 0 Å². The molecule has 0 radical (unpaired) electrons. The monoisotopic (exact) mass is 310 g/mol. The topological polar surface area (TPSA) is 15.3 Å². The van der Waals surface area contributed by atoms with E-state index in [2.05, 4.69) is 5.32 Å². The van der Waals surface area contributed by atoms with Gasteiger partial charge in [0.15, 0.2) is 0 Å². The fraction of sp³-hybridized carbons (Fsp3) is 0.538. The molecule has 108 valence electrons. The van der Waals surface area contributed by atoms with Crippen molar-refractivity contribution in [2.24, 2.45) is 0 Å². The minimum atomic E-state index is -0.625. The lowest BCUT2D eigenvalue weighted by atomic mass is 10.0. The van der Waals surface area contributed by atoms with Crippen molar-refractivity contribution in [3.63, 3.8) is 0 Å². The number of nitrogens with one attached hydrogen (secondary N) is 1. The summed E-state index contributed by atoms with van der Waals surface area (Å²) in [5, 5.41) is 3.54. The van der Waals surface area contributed by atoms with Crippen LogP contribution in [0.25, 0.3) is 0 Å². The fourth-order valence-corrected chi connectivity index (χ4v) is 2.61. The summed E-state index contributed by atoms with van der Waals surface area (Å²) in [6.45, 7) is 4.18. The molecule has 0 amide bonds. The molecule has 2 rings (SSSR count). The van der Waals surface area contributed by atoms with E-state index in [9.17, 15) is 8.78 Å². The SMILES string of the molecule is Cc1ccc(F)c([C@@H](CF)N2CCNCC2)c1Cl.Cl. The van der Waals surface area contributed by atoms with E-state index in [1.54, 1.807) is 13.0 Å². The summed E-state index contributed by atoms with van der Waals surface area (Å²) in [4.78, 5) is 1.94. The zero-order chi connectivity index (χ0) is 13.1. The number of piperazine rings is 1. The first-order valence-electron chi connectivity index (χ1n) is 6.10. The second-order valence-corrected chi connectivity index (χ2v) is 4.93. The first-order valence-corrected chi connectivity index (χ1v) is 6.48. The van der Waals surface area contributed by atoms with Crippen LogP contribution in [0.3, 0.4) is 0 Å². The maximum atomic E-state index is 13.9. The minimum Gasteiger partial charge on any atom is -0.314 e. The second kappa shape index (κ2) is 7.39. The predicted octanol–water partition coefficient (Wildman–Crippen LogP) is 3.13. The molecule has 1 fully saturated rings. The molecule has 0 bridgehead atoms. The Morgan fingerprint density at radius 2 is 2.00 bits per heavy atom. The Morgan fingerprint density at radius 1 is 1.37 bits per heavy atom. The van der Waals surface area contributed by atoms with E-state index in [0.29, 0.717) is 23.7 Å². The molecule has 1 atom stereocenters. The zero-order valence-electron chi connectivity index (χ0n) is 10.8. The van der Waals surface area contributed by atoms with Crippen molar-refractivity contribution < 1.29 is 8.78 Å². The van der Waals surface area contributed by atoms with E-state index in [1.165, 1.54) is 6.07 Å². The number of aryl methyl sites for hydroxylation is 1. The Kier molecular flexibility index (Phi) is 6.47. The van der Waals surface area contributed by atoms with Crippen molar-refractivity contribution >= 4 is 24.0 Å². The Morgan fingerprint density at radius 3 is 2.58 bits per heavy atom. The summed E-state index contributed by atoms with van der Waals surface area (Å²) in [7, 11) is 0. The van der Waals surface area contributed by atoms with E-state index in [-0.39, 0.29) is 12.4 Å². The van der Waals surface area contributed by atoms with Crippen LogP contribution in [0.5, 0.6) is 0 Å². The molecule has 1 aromatic carbocycles. The van der Waals surface area contributed by atoms with Gasteiger partial charge in [-0.15, -0.1) is 12.4 Å². The Balaban J connectivity index is 0.00000180. The van der Waals surface area contributed by atoms with Crippen molar-refractivity contribution in [1.82, 2.24) is 10.2 Å². The van der Waals surface area contributed by atoms with Crippen LogP contribution in [0, 0.1) is 12.7 Å². The third-order valence-corrected chi connectivity index (χ3v) is 3.89. The van der Waals surface area contributed by atoms with E-state index in [4.69, 9.17) is 11.6 Å². The average Bonchev–Trinajstić information content (AvgIpc) is 2.40. The lowest BCUT2D eigenvalue weighted by Crippen LogP contribution is -2.46. The lowest BCUT2D eigenvalue weighted by molar-refractivity contribution is 0.144. The van der Waals surface area contributed by atoms with Gasteiger partial charge in [-0.05, 0) is 18.6 Å². The summed E-state index contributed by atoms with van der Waals surface area (Å²) in [5.41, 5.74) is 1.07. The van der Waals surface area contributed by atoms with E-state index in [1.807, 2.05) is 4.90 Å². The summed E-state index contributed by atoms with van der Waals surface area (Å²) >= 11 is 6.14. The van der Waals surface area contributed by atoms with Gasteiger partial charge in [-0.25, -0.2) is 8.78 Å². The average molecular weight is 311 g/mol. The van der Waals surface area contributed by atoms with Gasteiger partial charge in [0.05, 0.1) is 11.1 Å². The van der Waals surface area contributed by atoms with Gasteiger partial charge in [-0.2, -0.15) is 0 Å². The summed E-state index contributed by atoms with van der Waals surface area (Å²) in [5.74, 6) is -0.424. The third-order valence-electron chi connectivity index (χ3n) is 3.39. The zero-order valence-corrected chi connectivity index (χ0v) is 12.3. The van der Waals surface area contributed by atoms with Crippen LogP contribution in [0.15, 0.2) is 12.1 Å². The molecule has 6 heteroatoms. The lowest BCUT2D eigenvalue weighted by Gasteiger charge is -2.34. The first-order chi connectivity index (χ1) is 8.65. The Labute approximate surface area is 123 Å². The molecule has 1 aromatic rings. The van der Waals surface area contributed by atoms with Crippen LogP contribution in [0.1, 0.15) is 17.2 Å². The van der Waals surface area contributed by atoms with Crippen LogP contribution in [-0.2, 0) is 0 Å². The van der Waals surface area contributed by atoms with Crippen LogP contribution >= 0.6 is 24.0 Å². The standard InChI is InChI=1S/C13H17ClF2N2.ClH/c1-9-2-3-10(16)12(13(9)14)11(8-15)18-6-4-17-5-7-18;/h2-3,11,17H,4-8H2,1H3;1H/t11-;/m1./s1. The highest BCUT2D eigenvalue weighted by molar-refractivity contribution is 6.32. The number of rotatable bonds is 3. The minimum absolute atomic E-state index is 0. The molecule has 1 aliphatic rings. The number of hydrogen-bond acceptors (Lipinski definition) is 2. The van der Waals surface area contributed by atoms with Gasteiger partial charge in [0, 0.05) is 31.7 Å². The smallest absolute Gasteiger partial charge is 0.129 e. The van der Waals surface area contributed by atoms with Gasteiger partial charge >= 0.3 is 0 Å². The molecule has 1 aliphatic heterocycles. The van der Waals surface area contributed by atoms with Crippen LogP contribution < -0.4 is 5.32 Å². The highest BCUT2D eigenvalue weighted by Gasteiger charge is 2.27. The predicted molar refractivity (Wildman–Crippen MR) is 76.6 cm³/mol. The van der Waals surface area contributed by atoms with Gasteiger partial charge < -0.3 is 5.32 Å². The van der Waals surface area contributed by atoms with Gasteiger partial charge in [0.1, 0.15) is 12.5 Å². The molecule has 0 unspecified atom stereocenters. The summed E-state index contributed by atoms with van der Waals surface area (Å²) < 4.78 is 27.3. The molecule has 0 aliphatic carbocycles. The molecule has 0 spiro atoms. The van der Waals surface area contributed by atoms with Crippen LogP contribution in [-0.4, -0.2) is 37.8 Å². The Bertz CT molecular complexity index is 423. The van der Waals surface area contributed by atoms with Crippen molar-refractivity contribution in [1.29, 1.82) is 0 Å². The van der Waals surface area contributed by atoms with Crippen molar-refractivity contribution in [2.75, 3.05) is 32.9 Å². The highest BCUT2D eigenvalue weighted by atomic mass is 35.5. The highest BCUT2D eigenvalue weighted by Crippen LogP contribution is 2.32. The number of alkyl halides is 1. The maximum Gasteiger partial charge on any atom is 0.129 e. The fourth-order valence-electron chi connectivity index (χ4n) is 2.33. The normalized spacial score (nSPS) is 17.9. The van der Waals surface area contributed by atoms with Crippen molar-refractivity contribution in [3.05, 3.63) is 34.1 Å². The van der Waals surface area contributed by atoms with Gasteiger partial charge in [-0.1, -0.05) is 17.7 Å². The summed E-state index contributed by atoms with van der Waals surface area (Å²) in [6.07, 6.45) is 0. The van der Waals surface area contributed by atoms with Crippen LogP contribution in [0.4, 0.5) is 8.78 Å². The molecule has 0 saturated carbocycles. The van der Waals surface area contributed by atoms with Gasteiger partial charge in [0.25, 0.3) is 0 Å². The van der Waals surface area contributed by atoms with Crippen molar-refractivity contribution in [2.45, 2.75) is 13.0 Å². The molecule has 0 aromatic heterocycles. The molecule has 1 N–H and O–H groups in total. The maximum absolute atomic E-state index is 13.9. The van der Waals surface area contributed by atoms with E-state index in [0.717, 1.165) is 18.7 Å². The van der Waals surface area contributed by atoms with E-state index < -0.39 is 18.5 Å². The first kappa shape index (κ1) is 16.6. The molecule has 1 heterocycles. The van der Waals surface area contributed by atoms with Gasteiger partial charge in [-0.3, -0.25) is 4.90 Å². The number of halogens is 4. The second-order valence-electron chi connectivity index (χ2n) is 4.55. The van der Waals surface area contributed by atoms with Crippen LogP contribution in [0.2, 0.25) is 5.02 Å². The number of hydrogen-bond donors (Lipinski definition) is 1. The largest absolute Gasteiger partial charge is 0.314 e. The number of nitrogens with zero attached hydrogens (tertiary/aromatic N) is 1. The summed E-state index contributed by atoms with van der Waals surface area (Å²) in [6, 6.07) is 2.40. The molecule has 2 nitrogen and oxygen atoms in total. The number of benzene rings is 1. The molecular formula is C13H18Cl2F2N2. The van der Waals surface area contributed by atoms with Crippen molar-refractivity contribution in [3.8, 4) is 0 Å². The Hall–Kier alpha value is -0.420. The molecular weight excluding hydrogens is 293 g/mol. The quantitative estimate of drug-likeness (QED) is 0.923. The van der Waals surface area contributed by atoms with Gasteiger partial charge in [0.2, 0.25) is 0 Å². The third kappa shape index (κ3) is 3.57.